The number of hydrogen-bond acceptors (Lipinski definition) is 3. The van der Waals surface area contributed by atoms with Gasteiger partial charge in [0.05, 0.1) is 0 Å². The first-order chi connectivity index (χ1) is 14.6. The highest BCUT2D eigenvalue weighted by molar-refractivity contribution is 7.24. The highest BCUT2D eigenvalue weighted by Crippen LogP contribution is 2.36. The van der Waals surface area contributed by atoms with Crippen LogP contribution in [0.15, 0.2) is 95.8 Å². The molecule has 1 heterocycles. The lowest BCUT2D eigenvalue weighted by atomic mass is 10.0. The number of benzene rings is 4. The molecular formula is C27H18O2S. The van der Waals surface area contributed by atoms with Gasteiger partial charge in [-0.1, -0.05) is 66.2 Å². The van der Waals surface area contributed by atoms with Gasteiger partial charge in [-0.3, -0.25) is 9.59 Å². The lowest BCUT2D eigenvalue weighted by Gasteiger charge is -1.99. The van der Waals surface area contributed by atoms with Crippen molar-refractivity contribution in [3.63, 3.8) is 0 Å². The minimum absolute atomic E-state index is 0.139. The van der Waals surface area contributed by atoms with Crippen LogP contribution >= 0.6 is 11.3 Å². The Kier molecular flexibility index (Phi) is 4.53. The maximum absolute atomic E-state index is 12.1. The van der Waals surface area contributed by atoms with Crippen LogP contribution in [-0.2, 0) is 0 Å². The summed E-state index contributed by atoms with van der Waals surface area (Å²) in [5.74, 6) is 0.157. The van der Waals surface area contributed by atoms with Gasteiger partial charge >= 0.3 is 0 Å². The Morgan fingerprint density at radius 2 is 1.10 bits per heavy atom. The zero-order valence-electron chi connectivity index (χ0n) is 16.4. The lowest BCUT2D eigenvalue weighted by molar-refractivity contribution is 0.104. The highest BCUT2D eigenvalue weighted by Gasteiger charge is 2.25. The Bertz CT molecular complexity index is 1440. The molecule has 0 unspecified atom stereocenters. The van der Waals surface area contributed by atoms with Gasteiger partial charge in [-0.15, -0.1) is 11.3 Å². The summed E-state index contributed by atoms with van der Waals surface area (Å²) < 4.78 is 2.11. The maximum atomic E-state index is 12.1. The number of hydrogen-bond donors (Lipinski definition) is 0. The predicted molar refractivity (Wildman–Crippen MR) is 126 cm³/mol. The van der Waals surface area contributed by atoms with Crippen molar-refractivity contribution in [2.75, 3.05) is 0 Å². The molecule has 0 bridgehead atoms. The van der Waals surface area contributed by atoms with Crippen LogP contribution in [0.1, 0.15) is 21.5 Å². The number of fused-ring (bicyclic) bond motifs is 5. The molecule has 0 amide bonds. The highest BCUT2D eigenvalue weighted by atomic mass is 32.1. The second-order valence-corrected chi connectivity index (χ2v) is 8.43. The Hall–Kier alpha value is -3.56. The van der Waals surface area contributed by atoms with Crippen LogP contribution in [0.5, 0.6) is 0 Å². The van der Waals surface area contributed by atoms with E-state index in [2.05, 4.69) is 0 Å². The molecule has 1 aliphatic carbocycles. The third kappa shape index (κ3) is 3.04. The minimum Gasteiger partial charge on any atom is -0.289 e. The van der Waals surface area contributed by atoms with E-state index in [1.165, 1.54) is 0 Å². The minimum atomic E-state index is 0.139. The summed E-state index contributed by atoms with van der Waals surface area (Å²) in [6, 6.07) is 29.4. The van der Waals surface area contributed by atoms with Crippen molar-refractivity contribution in [3.8, 4) is 11.1 Å². The molecule has 3 heteroatoms. The van der Waals surface area contributed by atoms with E-state index >= 15 is 0 Å². The number of ketones is 1. The molecule has 0 N–H and O–H groups in total. The van der Waals surface area contributed by atoms with Crippen LogP contribution in [-0.4, -0.2) is 5.78 Å². The quantitative estimate of drug-likeness (QED) is 0.266. The number of carbonyl (C=O) groups is 1. The summed E-state index contributed by atoms with van der Waals surface area (Å²) in [5, 5.41) is 1.64. The second-order valence-electron chi connectivity index (χ2n) is 7.35. The summed E-state index contributed by atoms with van der Waals surface area (Å²) in [4.78, 5) is 24.1. The molecule has 6 rings (SSSR count). The molecule has 30 heavy (non-hydrogen) atoms. The first-order valence-electron chi connectivity index (χ1n) is 9.79. The molecule has 0 atom stereocenters. The molecule has 5 aromatic rings. The van der Waals surface area contributed by atoms with E-state index in [9.17, 15) is 9.59 Å². The van der Waals surface area contributed by atoms with Gasteiger partial charge in [0, 0.05) is 31.3 Å². The smallest absolute Gasteiger partial charge is 0.195 e. The van der Waals surface area contributed by atoms with Gasteiger partial charge in [-0.05, 0) is 48.4 Å². The third-order valence-corrected chi connectivity index (χ3v) is 6.52. The van der Waals surface area contributed by atoms with Crippen molar-refractivity contribution in [1.82, 2.24) is 0 Å². The molecule has 1 aromatic heterocycles. The summed E-state index contributed by atoms with van der Waals surface area (Å²) in [5.41, 5.74) is 5.09. The molecule has 2 nitrogen and oxygen atoms in total. The zero-order chi connectivity index (χ0) is 20.7. The topological polar surface area (TPSA) is 34.1 Å². The van der Waals surface area contributed by atoms with E-state index in [0.29, 0.717) is 0 Å². The van der Waals surface area contributed by atoms with E-state index in [4.69, 9.17) is 0 Å². The second kappa shape index (κ2) is 7.36. The SMILES string of the molecule is Cc1ccc2c(c1)C(=O)c1ccccc1-2.O=c1c2ccccc2sc2ccccc12. The fourth-order valence-corrected chi connectivity index (χ4v) is 4.96. The van der Waals surface area contributed by atoms with Gasteiger partial charge in [0.15, 0.2) is 11.2 Å². The Morgan fingerprint density at radius 3 is 1.77 bits per heavy atom. The van der Waals surface area contributed by atoms with Crippen molar-refractivity contribution in [1.29, 1.82) is 0 Å². The first kappa shape index (κ1) is 18.5. The molecule has 4 aromatic carbocycles. The molecule has 144 valence electrons. The van der Waals surface area contributed by atoms with Gasteiger partial charge in [0.1, 0.15) is 0 Å². The first-order valence-corrected chi connectivity index (χ1v) is 10.6. The van der Waals surface area contributed by atoms with E-state index in [0.717, 1.165) is 48.0 Å². The molecule has 0 radical (unpaired) electrons. The third-order valence-electron chi connectivity index (χ3n) is 5.36. The summed E-state index contributed by atoms with van der Waals surface area (Å²) >= 11 is 1.67. The van der Waals surface area contributed by atoms with Gasteiger partial charge in [0.25, 0.3) is 0 Å². The van der Waals surface area contributed by atoms with Gasteiger partial charge in [-0.2, -0.15) is 0 Å². The van der Waals surface area contributed by atoms with Crippen LogP contribution in [0.2, 0.25) is 0 Å². The van der Waals surface area contributed by atoms with Crippen LogP contribution < -0.4 is 5.43 Å². The molecule has 0 saturated carbocycles. The predicted octanol–water partition coefficient (Wildman–Crippen LogP) is 6.62. The van der Waals surface area contributed by atoms with E-state index in [1.54, 1.807) is 11.3 Å². The van der Waals surface area contributed by atoms with Crippen molar-refractivity contribution < 1.29 is 4.79 Å². The maximum Gasteiger partial charge on any atom is 0.195 e. The standard InChI is InChI=1S/C14H10O.C13H8OS/c1-9-6-7-11-10-4-2-3-5-12(10)14(15)13(11)8-9;14-13-9-5-1-3-7-11(9)15-12-8-4-2-6-10(12)13/h2-8H,1H3;1-8H. The molecule has 0 aliphatic heterocycles. The summed E-state index contributed by atoms with van der Waals surface area (Å²) in [6.07, 6.45) is 0. The average Bonchev–Trinajstić information content (AvgIpc) is 3.06. The van der Waals surface area contributed by atoms with E-state index in [1.807, 2.05) is 97.9 Å². The van der Waals surface area contributed by atoms with Crippen LogP contribution in [0.4, 0.5) is 0 Å². The molecule has 0 fully saturated rings. The molecule has 0 saturated heterocycles. The summed E-state index contributed by atoms with van der Waals surface area (Å²) in [7, 11) is 0. The number of carbonyl (C=O) groups excluding carboxylic acids is 1. The monoisotopic (exact) mass is 406 g/mol. The van der Waals surface area contributed by atoms with Gasteiger partial charge < -0.3 is 0 Å². The largest absolute Gasteiger partial charge is 0.289 e. The molecule has 1 aliphatic rings. The normalized spacial score (nSPS) is 11.7. The van der Waals surface area contributed by atoms with E-state index in [-0.39, 0.29) is 11.2 Å². The van der Waals surface area contributed by atoms with Gasteiger partial charge in [-0.25, -0.2) is 0 Å². The zero-order valence-corrected chi connectivity index (χ0v) is 17.2. The summed E-state index contributed by atoms with van der Waals surface area (Å²) in [6.45, 7) is 2.01. The van der Waals surface area contributed by atoms with Gasteiger partial charge in [0.2, 0.25) is 0 Å². The van der Waals surface area contributed by atoms with Crippen LogP contribution in [0.25, 0.3) is 31.3 Å². The van der Waals surface area contributed by atoms with Crippen molar-refractivity contribution >= 4 is 37.3 Å². The van der Waals surface area contributed by atoms with Crippen LogP contribution in [0, 0.1) is 6.92 Å². The van der Waals surface area contributed by atoms with Crippen LogP contribution in [0.3, 0.4) is 0 Å². The Balaban J connectivity index is 0.000000128. The van der Waals surface area contributed by atoms with Crippen molar-refractivity contribution in [2.45, 2.75) is 6.92 Å². The fraction of sp³-hybridized carbons (Fsp3) is 0.0370. The van der Waals surface area contributed by atoms with Crippen molar-refractivity contribution in [3.05, 3.63) is 118 Å². The lowest BCUT2D eigenvalue weighted by Crippen LogP contribution is -1.99. The molecular weight excluding hydrogens is 388 g/mol. The Labute approximate surface area is 178 Å². The number of aryl methyl sites for hydroxylation is 1. The molecule has 0 spiro atoms. The fourth-order valence-electron chi connectivity index (χ4n) is 3.89. The number of rotatable bonds is 0. The van der Waals surface area contributed by atoms with E-state index < -0.39 is 0 Å². The van der Waals surface area contributed by atoms with Crippen molar-refractivity contribution in [2.24, 2.45) is 0 Å². The average molecular weight is 407 g/mol. The Morgan fingerprint density at radius 1 is 0.567 bits per heavy atom.